The van der Waals surface area contributed by atoms with Gasteiger partial charge in [-0.15, -0.1) is 12.4 Å². The fourth-order valence-corrected chi connectivity index (χ4v) is 1.89. The van der Waals surface area contributed by atoms with Gasteiger partial charge in [-0.1, -0.05) is 0 Å². The van der Waals surface area contributed by atoms with Crippen molar-refractivity contribution in [1.82, 2.24) is 19.6 Å². The van der Waals surface area contributed by atoms with Gasteiger partial charge in [-0.25, -0.2) is 8.78 Å². The van der Waals surface area contributed by atoms with Gasteiger partial charge in [0.1, 0.15) is 6.54 Å². The summed E-state index contributed by atoms with van der Waals surface area (Å²) in [6.45, 7) is 5.04. The first-order valence-electron chi connectivity index (χ1n) is 6.16. The minimum Gasteiger partial charge on any atom is -0.377 e. The van der Waals surface area contributed by atoms with Crippen LogP contribution in [0.5, 0.6) is 0 Å². The number of nitrogens with zero attached hydrogens (tertiary/aromatic N) is 4. The second-order valence-corrected chi connectivity index (χ2v) is 4.29. The molecule has 2 rings (SSSR count). The molecule has 0 amide bonds. The molecule has 0 aliphatic rings. The van der Waals surface area contributed by atoms with Crippen LogP contribution in [0.25, 0.3) is 0 Å². The molecule has 2 heterocycles. The first-order chi connectivity index (χ1) is 9.10. The van der Waals surface area contributed by atoms with Gasteiger partial charge in [0.15, 0.2) is 0 Å². The Hall–Kier alpha value is -1.63. The Morgan fingerprint density at radius 1 is 1.30 bits per heavy atom. The van der Waals surface area contributed by atoms with Crippen LogP contribution in [0.1, 0.15) is 18.2 Å². The van der Waals surface area contributed by atoms with Gasteiger partial charge in [0.25, 0.3) is 6.43 Å². The summed E-state index contributed by atoms with van der Waals surface area (Å²) in [5.74, 6) is 0. The maximum atomic E-state index is 12.2. The van der Waals surface area contributed by atoms with Gasteiger partial charge in [0.05, 0.1) is 30.3 Å². The van der Waals surface area contributed by atoms with Crippen LogP contribution in [-0.4, -0.2) is 26.0 Å². The number of hydrogen-bond donors (Lipinski definition) is 1. The van der Waals surface area contributed by atoms with Crippen LogP contribution in [0.15, 0.2) is 18.6 Å². The molecule has 2 aromatic rings. The zero-order valence-corrected chi connectivity index (χ0v) is 12.2. The highest BCUT2D eigenvalue weighted by Crippen LogP contribution is 2.12. The van der Waals surface area contributed by atoms with E-state index in [2.05, 4.69) is 15.5 Å². The van der Waals surface area contributed by atoms with Crippen molar-refractivity contribution in [2.75, 3.05) is 5.32 Å². The van der Waals surface area contributed by atoms with Crippen molar-refractivity contribution in [1.29, 1.82) is 0 Å². The third kappa shape index (κ3) is 3.93. The Balaban J connectivity index is 0.00000200. The number of aromatic nitrogens is 4. The third-order valence-electron chi connectivity index (χ3n) is 2.88. The second-order valence-electron chi connectivity index (χ2n) is 4.29. The standard InChI is InChI=1S/C12H17F2N5.ClH/c1-3-19-11(9(2)4-17-19)6-15-10-5-16-18(7-10)8-12(13)14;/h4-5,7,12,15H,3,6,8H2,1-2H3;1H. The van der Waals surface area contributed by atoms with E-state index in [-0.39, 0.29) is 19.0 Å². The molecule has 0 bridgehead atoms. The van der Waals surface area contributed by atoms with Crippen LogP contribution in [0, 0.1) is 6.92 Å². The zero-order valence-electron chi connectivity index (χ0n) is 11.4. The number of anilines is 1. The molecule has 1 N–H and O–H groups in total. The SMILES string of the molecule is CCn1ncc(C)c1CNc1cnn(CC(F)F)c1.Cl. The van der Waals surface area contributed by atoms with Crippen molar-refractivity contribution < 1.29 is 8.78 Å². The number of aryl methyl sites for hydroxylation is 2. The molecular formula is C12H18ClF2N5. The minimum absolute atomic E-state index is 0. The molecule has 0 unspecified atom stereocenters. The molecule has 0 spiro atoms. The molecule has 0 atom stereocenters. The molecule has 0 fully saturated rings. The quantitative estimate of drug-likeness (QED) is 0.892. The Morgan fingerprint density at radius 2 is 2.05 bits per heavy atom. The summed E-state index contributed by atoms with van der Waals surface area (Å²) in [4.78, 5) is 0. The summed E-state index contributed by atoms with van der Waals surface area (Å²) in [6.07, 6.45) is 2.55. The van der Waals surface area contributed by atoms with E-state index in [4.69, 9.17) is 0 Å². The molecule has 2 aromatic heterocycles. The molecule has 20 heavy (non-hydrogen) atoms. The van der Waals surface area contributed by atoms with E-state index in [1.807, 2.05) is 24.7 Å². The topological polar surface area (TPSA) is 47.7 Å². The van der Waals surface area contributed by atoms with Crippen LogP contribution in [0.2, 0.25) is 0 Å². The largest absolute Gasteiger partial charge is 0.377 e. The van der Waals surface area contributed by atoms with Gasteiger partial charge >= 0.3 is 0 Å². The lowest BCUT2D eigenvalue weighted by Crippen LogP contribution is -2.09. The number of nitrogens with one attached hydrogen (secondary N) is 1. The van der Waals surface area contributed by atoms with Gasteiger partial charge in [0.2, 0.25) is 0 Å². The van der Waals surface area contributed by atoms with Gasteiger partial charge in [0, 0.05) is 12.7 Å². The smallest absolute Gasteiger partial charge is 0.257 e. The minimum atomic E-state index is -2.39. The Bertz CT molecular complexity index is 538. The molecule has 5 nitrogen and oxygen atoms in total. The Kier molecular flexibility index (Phi) is 5.94. The Morgan fingerprint density at radius 3 is 2.70 bits per heavy atom. The van der Waals surface area contributed by atoms with Crippen LogP contribution in [0.3, 0.4) is 0 Å². The zero-order chi connectivity index (χ0) is 13.8. The average molecular weight is 306 g/mol. The van der Waals surface area contributed by atoms with E-state index in [9.17, 15) is 8.78 Å². The van der Waals surface area contributed by atoms with Gasteiger partial charge in [-0.05, 0) is 19.4 Å². The molecule has 0 aliphatic carbocycles. The summed E-state index contributed by atoms with van der Waals surface area (Å²) in [6, 6.07) is 0. The van der Waals surface area contributed by atoms with Crippen LogP contribution >= 0.6 is 12.4 Å². The summed E-state index contributed by atoms with van der Waals surface area (Å²) in [5, 5.41) is 11.3. The average Bonchev–Trinajstić information content (AvgIpc) is 2.93. The number of rotatable bonds is 6. The van der Waals surface area contributed by atoms with Crippen molar-refractivity contribution in [3.8, 4) is 0 Å². The monoisotopic (exact) mass is 305 g/mol. The van der Waals surface area contributed by atoms with E-state index < -0.39 is 6.43 Å². The molecule has 112 valence electrons. The maximum Gasteiger partial charge on any atom is 0.257 e. The van der Waals surface area contributed by atoms with E-state index >= 15 is 0 Å². The van der Waals surface area contributed by atoms with Crippen LogP contribution in [0.4, 0.5) is 14.5 Å². The summed E-state index contributed by atoms with van der Waals surface area (Å²) in [7, 11) is 0. The van der Waals surface area contributed by atoms with Crippen molar-refractivity contribution in [3.63, 3.8) is 0 Å². The number of hydrogen-bond acceptors (Lipinski definition) is 3. The fraction of sp³-hybridized carbons (Fsp3) is 0.500. The highest BCUT2D eigenvalue weighted by molar-refractivity contribution is 5.85. The first kappa shape index (κ1) is 16.4. The van der Waals surface area contributed by atoms with Crippen LogP contribution < -0.4 is 5.32 Å². The van der Waals surface area contributed by atoms with E-state index in [1.165, 1.54) is 4.68 Å². The summed E-state index contributed by atoms with van der Waals surface area (Å²) >= 11 is 0. The third-order valence-corrected chi connectivity index (χ3v) is 2.88. The molecular weight excluding hydrogens is 288 g/mol. The molecule has 0 aromatic carbocycles. The maximum absolute atomic E-state index is 12.2. The predicted molar refractivity (Wildman–Crippen MR) is 75.4 cm³/mol. The van der Waals surface area contributed by atoms with Crippen molar-refractivity contribution in [3.05, 3.63) is 29.8 Å². The van der Waals surface area contributed by atoms with Gasteiger partial charge < -0.3 is 5.32 Å². The van der Waals surface area contributed by atoms with Gasteiger partial charge in [-0.2, -0.15) is 10.2 Å². The lowest BCUT2D eigenvalue weighted by Gasteiger charge is -2.07. The lowest BCUT2D eigenvalue weighted by atomic mass is 10.2. The highest BCUT2D eigenvalue weighted by atomic mass is 35.5. The van der Waals surface area contributed by atoms with E-state index in [0.717, 1.165) is 23.5 Å². The molecule has 0 aliphatic heterocycles. The predicted octanol–water partition coefficient (Wildman–Crippen LogP) is 2.71. The summed E-state index contributed by atoms with van der Waals surface area (Å²) in [5.41, 5.74) is 2.92. The molecule has 8 heteroatoms. The number of halogens is 3. The lowest BCUT2D eigenvalue weighted by molar-refractivity contribution is 0.122. The normalized spacial score (nSPS) is 10.7. The summed E-state index contributed by atoms with van der Waals surface area (Å²) < 4.78 is 27.5. The van der Waals surface area contributed by atoms with E-state index in [1.54, 1.807) is 12.4 Å². The highest BCUT2D eigenvalue weighted by Gasteiger charge is 2.08. The van der Waals surface area contributed by atoms with Crippen molar-refractivity contribution >= 4 is 18.1 Å². The Labute approximate surface area is 122 Å². The second kappa shape index (κ2) is 7.23. The van der Waals surface area contributed by atoms with Gasteiger partial charge in [-0.3, -0.25) is 9.36 Å². The van der Waals surface area contributed by atoms with E-state index in [0.29, 0.717) is 6.54 Å². The molecule has 0 saturated carbocycles. The molecule has 0 radical (unpaired) electrons. The number of alkyl halides is 2. The fourth-order valence-electron chi connectivity index (χ4n) is 1.89. The van der Waals surface area contributed by atoms with Crippen molar-refractivity contribution in [2.24, 2.45) is 0 Å². The first-order valence-corrected chi connectivity index (χ1v) is 6.16. The van der Waals surface area contributed by atoms with Crippen LogP contribution in [-0.2, 0) is 19.6 Å². The van der Waals surface area contributed by atoms with Crippen molar-refractivity contribution in [2.45, 2.75) is 39.9 Å². The molecule has 0 saturated heterocycles.